The van der Waals surface area contributed by atoms with Crippen molar-refractivity contribution < 1.29 is 4.79 Å². The van der Waals surface area contributed by atoms with Crippen LogP contribution in [0.4, 0.5) is 5.82 Å². The van der Waals surface area contributed by atoms with E-state index in [2.05, 4.69) is 15.5 Å². The van der Waals surface area contributed by atoms with Crippen LogP contribution in [0.5, 0.6) is 0 Å². The Kier molecular flexibility index (Phi) is 4.87. The third-order valence-electron chi connectivity index (χ3n) is 3.32. The molecule has 1 N–H and O–H groups in total. The maximum absolute atomic E-state index is 12.0. The number of rotatable bonds is 5. The summed E-state index contributed by atoms with van der Waals surface area (Å²) in [6.07, 6.45) is 3.55. The Bertz CT molecular complexity index is 871. The average molecular weight is 364 g/mol. The van der Waals surface area contributed by atoms with Gasteiger partial charge >= 0.3 is 0 Å². The van der Waals surface area contributed by atoms with Crippen LogP contribution in [-0.2, 0) is 17.9 Å². The van der Waals surface area contributed by atoms with E-state index in [-0.39, 0.29) is 12.5 Å². The minimum absolute atomic E-state index is 0.146. The lowest BCUT2D eigenvalue weighted by Crippen LogP contribution is -2.19. The van der Waals surface area contributed by atoms with Gasteiger partial charge in [-0.25, -0.2) is 0 Å². The molecule has 124 valence electrons. The maximum atomic E-state index is 12.0. The lowest BCUT2D eigenvalue weighted by molar-refractivity contribution is -0.116. The zero-order valence-corrected chi connectivity index (χ0v) is 14.4. The minimum atomic E-state index is -0.183. The SMILES string of the molecule is Cc1ccn(CC(=O)Nc2ccn(Cc3ccc(Cl)c(Cl)c3)n2)n1. The summed E-state index contributed by atoms with van der Waals surface area (Å²) in [5.74, 6) is 0.307. The van der Waals surface area contributed by atoms with Crippen LogP contribution >= 0.6 is 23.2 Å². The topological polar surface area (TPSA) is 64.7 Å². The molecule has 0 saturated carbocycles. The molecule has 0 fully saturated rings. The lowest BCUT2D eigenvalue weighted by atomic mass is 10.2. The third-order valence-corrected chi connectivity index (χ3v) is 4.06. The highest BCUT2D eigenvalue weighted by Gasteiger charge is 2.07. The normalized spacial score (nSPS) is 10.8. The van der Waals surface area contributed by atoms with E-state index in [0.717, 1.165) is 11.3 Å². The quantitative estimate of drug-likeness (QED) is 0.755. The number of nitrogens with zero attached hydrogens (tertiary/aromatic N) is 4. The Hall–Kier alpha value is -2.31. The molecule has 0 saturated heterocycles. The van der Waals surface area contributed by atoms with Gasteiger partial charge < -0.3 is 5.32 Å². The van der Waals surface area contributed by atoms with E-state index in [9.17, 15) is 4.79 Å². The second-order valence-corrected chi connectivity index (χ2v) is 6.16. The van der Waals surface area contributed by atoms with Crippen molar-refractivity contribution in [3.8, 4) is 0 Å². The number of benzene rings is 1. The Morgan fingerprint density at radius 3 is 2.58 bits per heavy atom. The molecule has 8 heteroatoms. The number of nitrogens with one attached hydrogen (secondary N) is 1. The average Bonchev–Trinajstić information content (AvgIpc) is 3.12. The number of aromatic nitrogens is 4. The molecule has 0 unspecified atom stereocenters. The van der Waals surface area contributed by atoms with Crippen molar-refractivity contribution in [3.05, 3.63) is 64.0 Å². The number of carbonyl (C=O) groups excluding carboxylic acids is 1. The predicted octanol–water partition coefficient (Wildman–Crippen LogP) is 3.38. The first kappa shape index (κ1) is 16.5. The standard InChI is InChI=1S/C16H15Cl2N5O/c1-11-4-6-23(20-11)10-16(24)19-15-5-7-22(21-15)9-12-2-3-13(17)14(18)8-12/h2-8H,9-10H2,1H3,(H,19,21,24). The molecule has 0 radical (unpaired) electrons. The monoisotopic (exact) mass is 363 g/mol. The van der Waals surface area contributed by atoms with Gasteiger partial charge in [0.25, 0.3) is 0 Å². The largest absolute Gasteiger partial charge is 0.308 e. The number of hydrogen-bond acceptors (Lipinski definition) is 3. The van der Waals surface area contributed by atoms with E-state index < -0.39 is 0 Å². The first-order valence-electron chi connectivity index (χ1n) is 7.27. The van der Waals surface area contributed by atoms with Gasteiger partial charge in [0, 0.05) is 18.5 Å². The number of anilines is 1. The van der Waals surface area contributed by atoms with Gasteiger partial charge in [-0.2, -0.15) is 10.2 Å². The summed E-state index contributed by atoms with van der Waals surface area (Å²) in [4.78, 5) is 12.0. The Balaban J connectivity index is 1.60. The maximum Gasteiger partial charge on any atom is 0.247 e. The van der Waals surface area contributed by atoms with Crippen molar-refractivity contribution >= 4 is 34.9 Å². The second-order valence-electron chi connectivity index (χ2n) is 5.35. The van der Waals surface area contributed by atoms with Crippen LogP contribution in [0.2, 0.25) is 10.0 Å². The predicted molar refractivity (Wildman–Crippen MR) is 93.4 cm³/mol. The molecule has 6 nitrogen and oxygen atoms in total. The number of hydrogen-bond donors (Lipinski definition) is 1. The second kappa shape index (κ2) is 7.07. The van der Waals surface area contributed by atoms with Crippen LogP contribution in [0, 0.1) is 6.92 Å². The van der Waals surface area contributed by atoms with Crippen molar-refractivity contribution in [3.63, 3.8) is 0 Å². The molecule has 0 bridgehead atoms. The number of carbonyl (C=O) groups is 1. The zero-order valence-electron chi connectivity index (χ0n) is 12.9. The van der Waals surface area contributed by atoms with Gasteiger partial charge in [0.1, 0.15) is 6.54 Å². The summed E-state index contributed by atoms with van der Waals surface area (Å²) in [5, 5.41) is 12.3. The molecule has 3 aromatic rings. The summed E-state index contributed by atoms with van der Waals surface area (Å²) in [7, 11) is 0. The fourth-order valence-electron chi connectivity index (χ4n) is 2.22. The first-order chi connectivity index (χ1) is 11.5. The highest BCUT2D eigenvalue weighted by molar-refractivity contribution is 6.42. The highest BCUT2D eigenvalue weighted by atomic mass is 35.5. The van der Waals surface area contributed by atoms with E-state index in [0.29, 0.717) is 22.4 Å². The van der Waals surface area contributed by atoms with Gasteiger partial charge in [-0.05, 0) is 30.7 Å². The minimum Gasteiger partial charge on any atom is -0.308 e. The van der Waals surface area contributed by atoms with Gasteiger partial charge in [-0.15, -0.1) is 0 Å². The van der Waals surface area contributed by atoms with E-state index in [4.69, 9.17) is 23.2 Å². The number of amides is 1. The molecule has 2 aromatic heterocycles. The zero-order chi connectivity index (χ0) is 17.1. The van der Waals surface area contributed by atoms with Crippen LogP contribution in [0.25, 0.3) is 0 Å². The Labute approximate surface area is 149 Å². The van der Waals surface area contributed by atoms with Gasteiger partial charge in [0.05, 0.1) is 22.3 Å². The van der Waals surface area contributed by atoms with Crippen LogP contribution in [0.3, 0.4) is 0 Å². The van der Waals surface area contributed by atoms with Crippen LogP contribution in [-0.4, -0.2) is 25.5 Å². The highest BCUT2D eigenvalue weighted by Crippen LogP contribution is 2.23. The molecular weight excluding hydrogens is 349 g/mol. The summed E-state index contributed by atoms with van der Waals surface area (Å²) in [6, 6.07) is 9.01. The molecule has 1 aromatic carbocycles. The molecule has 0 aliphatic carbocycles. The molecule has 0 aliphatic heterocycles. The molecule has 1 amide bonds. The van der Waals surface area contributed by atoms with Gasteiger partial charge in [0.15, 0.2) is 5.82 Å². The van der Waals surface area contributed by atoms with E-state index in [1.807, 2.05) is 19.1 Å². The van der Waals surface area contributed by atoms with Crippen LogP contribution in [0.15, 0.2) is 42.7 Å². The molecular formula is C16H15Cl2N5O. The fourth-order valence-corrected chi connectivity index (χ4v) is 2.54. The molecule has 2 heterocycles. The van der Waals surface area contributed by atoms with Crippen molar-refractivity contribution in [1.29, 1.82) is 0 Å². The molecule has 3 rings (SSSR count). The van der Waals surface area contributed by atoms with Gasteiger partial charge in [-0.1, -0.05) is 29.3 Å². The van der Waals surface area contributed by atoms with Crippen molar-refractivity contribution in [2.24, 2.45) is 0 Å². The summed E-state index contributed by atoms with van der Waals surface area (Å²) >= 11 is 11.9. The van der Waals surface area contributed by atoms with Crippen LogP contribution < -0.4 is 5.32 Å². The van der Waals surface area contributed by atoms with E-state index in [1.54, 1.807) is 40.0 Å². The fraction of sp³-hybridized carbons (Fsp3) is 0.188. The number of aryl methyl sites for hydroxylation is 1. The molecule has 24 heavy (non-hydrogen) atoms. The molecule has 0 atom stereocenters. The van der Waals surface area contributed by atoms with Crippen molar-refractivity contribution in [2.45, 2.75) is 20.0 Å². The summed E-state index contributed by atoms with van der Waals surface area (Å²) < 4.78 is 3.30. The van der Waals surface area contributed by atoms with Crippen molar-refractivity contribution in [1.82, 2.24) is 19.6 Å². The Morgan fingerprint density at radius 1 is 1.08 bits per heavy atom. The third kappa shape index (κ3) is 4.15. The van der Waals surface area contributed by atoms with Gasteiger partial charge in [0.2, 0.25) is 5.91 Å². The van der Waals surface area contributed by atoms with Crippen LogP contribution in [0.1, 0.15) is 11.3 Å². The summed E-state index contributed by atoms with van der Waals surface area (Å²) in [5.41, 5.74) is 1.84. The van der Waals surface area contributed by atoms with Gasteiger partial charge in [-0.3, -0.25) is 14.2 Å². The number of halogens is 2. The smallest absolute Gasteiger partial charge is 0.247 e. The van der Waals surface area contributed by atoms with Crippen molar-refractivity contribution in [2.75, 3.05) is 5.32 Å². The molecule has 0 spiro atoms. The van der Waals surface area contributed by atoms with E-state index in [1.165, 1.54) is 0 Å². The first-order valence-corrected chi connectivity index (χ1v) is 8.02. The lowest BCUT2D eigenvalue weighted by Gasteiger charge is -2.04. The van der Waals surface area contributed by atoms with E-state index >= 15 is 0 Å². The Morgan fingerprint density at radius 2 is 1.88 bits per heavy atom. The summed E-state index contributed by atoms with van der Waals surface area (Å²) in [6.45, 7) is 2.55. The molecule has 0 aliphatic rings.